The highest BCUT2D eigenvalue weighted by Gasteiger charge is 2.46. The Kier molecular flexibility index (Phi) is 7.29. The van der Waals surface area contributed by atoms with Gasteiger partial charge in [-0.1, -0.05) is 19.4 Å². The van der Waals surface area contributed by atoms with Crippen molar-refractivity contribution in [3.63, 3.8) is 0 Å². The Labute approximate surface area is 180 Å². The molecule has 0 bridgehead atoms. The van der Waals surface area contributed by atoms with Crippen molar-refractivity contribution in [2.45, 2.75) is 32.7 Å². The molecule has 0 radical (unpaired) electrons. The largest absolute Gasteiger partial charge is 0.507 e. The number of Topliss-reactive ketones (excluding diaryl/α,β-unsaturated/α-hetero) is 1. The van der Waals surface area contributed by atoms with Gasteiger partial charge in [-0.25, -0.2) is 0 Å². The Bertz CT molecular complexity index is 935. The van der Waals surface area contributed by atoms with Crippen LogP contribution >= 0.6 is 11.3 Å². The van der Waals surface area contributed by atoms with Gasteiger partial charge in [0.05, 0.1) is 24.8 Å². The highest BCUT2D eigenvalue weighted by atomic mass is 32.1. The lowest BCUT2D eigenvalue weighted by Gasteiger charge is -2.23. The van der Waals surface area contributed by atoms with Crippen molar-refractivity contribution < 1.29 is 24.2 Å². The average molecular weight is 430 g/mol. The monoisotopic (exact) mass is 429 g/mol. The number of unbranched alkanes of at least 4 members (excludes halogenated alkanes) is 1. The second-order valence-corrected chi connectivity index (χ2v) is 8.16. The fourth-order valence-electron chi connectivity index (χ4n) is 3.48. The lowest BCUT2D eigenvalue weighted by Crippen LogP contribution is -2.32. The van der Waals surface area contributed by atoms with E-state index in [-0.39, 0.29) is 17.9 Å². The van der Waals surface area contributed by atoms with Crippen molar-refractivity contribution in [2.75, 3.05) is 26.9 Å². The minimum atomic E-state index is -0.678. The van der Waals surface area contributed by atoms with Crippen LogP contribution in [0.4, 0.5) is 0 Å². The first-order valence-electron chi connectivity index (χ1n) is 10.0. The number of likely N-dealkylation sites (tertiary alicyclic amines) is 1. The first kappa shape index (κ1) is 22.1. The SMILES string of the molecule is CCCCOc1ccc(C(O)=C2C(=O)C(=O)N(CCOC)C2c2cccs2)cc1C. The number of rotatable bonds is 9. The zero-order chi connectivity index (χ0) is 21.7. The van der Waals surface area contributed by atoms with E-state index < -0.39 is 17.7 Å². The van der Waals surface area contributed by atoms with E-state index in [0.717, 1.165) is 29.0 Å². The molecule has 0 spiro atoms. The summed E-state index contributed by atoms with van der Waals surface area (Å²) in [7, 11) is 1.55. The molecule has 1 N–H and O–H groups in total. The number of benzene rings is 1. The van der Waals surface area contributed by atoms with Crippen LogP contribution in [0.1, 0.15) is 41.8 Å². The van der Waals surface area contributed by atoms with Crippen LogP contribution in [0.15, 0.2) is 41.3 Å². The molecular weight excluding hydrogens is 402 g/mol. The van der Waals surface area contributed by atoms with E-state index >= 15 is 0 Å². The lowest BCUT2D eigenvalue weighted by molar-refractivity contribution is -0.140. The third kappa shape index (κ3) is 4.42. The van der Waals surface area contributed by atoms with Gasteiger partial charge in [-0.05, 0) is 48.6 Å². The summed E-state index contributed by atoms with van der Waals surface area (Å²) >= 11 is 1.44. The van der Waals surface area contributed by atoms with E-state index in [1.165, 1.54) is 16.2 Å². The van der Waals surface area contributed by atoms with Gasteiger partial charge < -0.3 is 19.5 Å². The molecule has 1 aliphatic rings. The van der Waals surface area contributed by atoms with Crippen LogP contribution in [0, 0.1) is 6.92 Å². The van der Waals surface area contributed by atoms with Gasteiger partial charge in [0.1, 0.15) is 11.5 Å². The number of aliphatic hydroxyl groups excluding tert-OH is 1. The smallest absolute Gasteiger partial charge is 0.295 e. The van der Waals surface area contributed by atoms with Crippen molar-refractivity contribution in [1.82, 2.24) is 4.90 Å². The number of ether oxygens (including phenoxy) is 2. The first-order valence-corrected chi connectivity index (χ1v) is 10.9. The van der Waals surface area contributed by atoms with Crippen molar-refractivity contribution in [3.05, 3.63) is 57.3 Å². The van der Waals surface area contributed by atoms with Crippen LogP contribution in [0.25, 0.3) is 5.76 Å². The Morgan fingerprint density at radius 1 is 1.23 bits per heavy atom. The molecule has 30 heavy (non-hydrogen) atoms. The number of hydrogen-bond donors (Lipinski definition) is 1. The summed E-state index contributed by atoms with van der Waals surface area (Å²) in [5.74, 6) is -0.726. The van der Waals surface area contributed by atoms with E-state index in [4.69, 9.17) is 9.47 Å². The molecule has 2 heterocycles. The fourth-order valence-corrected chi connectivity index (χ4v) is 4.33. The summed E-state index contributed by atoms with van der Waals surface area (Å²) < 4.78 is 10.9. The molecule has 1 aromatic carbocycles. The third-order valence-electron chi connectivity index (χ3n) is 5.09. The molecule has 1 atom stereocenters. The second kappa shape index (κ2) is 9.91. The number of thiophene rings is 1. The maximum Gasteiger partial charge on any atom is 0.295 e. The van der Waals surface area contributed by atoms with E-state index in [1.54, 1.807) is 25.3 Å². The molecule has 2 aromatic rings. The number of aliphatic hydroxyl groups is 1. The second-order valence-electron chi connectivity index (χ2n) is 7.18. The van der Waals surface area contributed by atoms with E-state index in [9.17, 15) is 14.7 Å². The summed E-state index contributed by atoms with van der Waals surface area (Å²) in [6.07, 6.45) is 2.01. The maximum atomic E-state index is 12.9. The van der Waals surface area contributed by atoms with E-state index in [1.807, 2.05) is 24.4 Å². The molecule has 160 valence electrons. The minimum absolute atomic E-state index is 0.109. The summed E-state index contributed by atoms with van der Waals surface area (Å²) in [5.41, 5.74) is 1.45. The van der Waals surface area contributed by atoms with Gasteiger partial charge in [0.25, 0.3) is 11.7 Å². The number of ketones is 1. The number of carbonyl (C=O) groups is 2. The third-order valence-corrected chi connectivity index (χ3v) is 6.02. The zero-order valence-electron chi connectivity index (χ0n) is 17.5. The first-order chi connectivity index (χ1) is 14.5. The van der Waals surface area contributed by atoms with E-state index in [2.05, 4.69) is 6.92 Å². The summed E-state index contributed by atoms with van der Waals surface area (Å²) in [6, 6.07) is 8.40. The van der Waals surface area contributed by atoms with Crippen molar-refractivity contribution in [1.29, 1.82) is 0 Å². The quantitative estimate of drug-likeness (QED) is 0.278. The van der Waals surface area contributed by atoms with Crippen molar-refractivity contribution in [2.24, 2.45) is 0 Å². The van der Waals surface area contributed by atoms with Gasteiger partial charge in [-0.2, -0.15) is 0 Å². The lowest BCUT2D eigenvalue weighted by atomic mass is 9.99. The summed E-state index contributed by atoms with van der Waals surface area (Å²) in [4.78, 5) is 27.8. The highest BCUT2D eigenvalue weighted by molar-refractivity contribution is 7.10. The fraction of sp³-hybridized carbons (Fsp3) is 0.391. The number of amides is 1. The van der Waals surface area contributed by atoms with Crippen LogP contribution in [-0.4, -0.2) is 48.6 Å². The predicted octanol–water partition coefficient (Wildman–Crippen LogP) is 4.30. The van der Waals surface area contributed by atoms with Gasteiger partial charge in [0.2, 0.25) is 0 Å². The highest BCUT2D eigenvalue weighted by Crippen LogP contribution is 2.41. The molecule has 1 amide bonds. The Morgan fingerprint density at radius 3 is 2.67 bits per heavy atom. The van der Waals surface area contributed by atoms with Crippen LogP contribution in [-0.2, 0) is 14.3 Å². The summed E-state index contributed by atoms with van der Waals surface area (Å²) in [5, 5.41) is 13.0. The predicted molar refractivity (Wildman–Crippen MR) is 117 cm³/mol. The van der Waals surface area contributed by atoms with Crippen LogP contribution in [0.5, 0.6) is 5.75 Å². The standard InChI is InChI=1S/C23H27NO5S/c1-4-5-11-29-17-9-8-16(14-15(17)2)21(25)19-20(18-7-6-13-30-18)24(10-12-28-3)23(27)22(19)26/h6-9,13-14,20,25H,4-5,10-12H2,1-3H3. The zero-order valence-corrected chi connectivity index (χ0v) is 18.3. The normalized spacial score (nSPS) is 18.2. The number of methoxy groups -OCH3 is 1. The van der Waals surface area contributed by atoms with E-state index in [0.29, 0.717) is 18.8 Å². The van der Waals surface area contributed by atoms with Gasteiger partial charge in [0, 0.05) is 24.1 Å². The van der Waals surface area contributed by atoms with Crippen LogP contribution in [0.3, 0.4) is 0 Å². The molecule has 0 aliphatic carbocycles. The Balaban J connectivity index is 2.00. The Hall–Kier alpha value is -2.64. The molecule has 1 aromatic heterocycles. The topological polar surface area (TPSA) is 76.1 Å². The minimum Gasteiger partial charge on any atom is -0.507 e. The molecule has 6 nitrogen and oxygen atoms in total. The van der Waals surface area contributed by atoms with Gasteiger partial charge >= 0.3 is 0 Å². The van der Waals surface area contributed by atoms with Gasteiger partial charge in [0.15, 0.2) is 0 Å². The number of hydrogen-bond acceptors (Lipinski definition) is 6. The molecule has 7 heteroatoms. The molecule has 1 saturated heterocycles. The maximum absolute atomic E-state index is 12.9. The van der Waals surface area contributed by atoms with Gasteiger partial charge in [-0.3, -0.25) is 9.59 Å². The number of aryl methyl sites for hydroxylation is 1. The molecule has 1 aliphatic heterocycles. The summed E-state index contributed by atoms with van der Waals surface area (Å²) in [6.45, 7) is 5.20. The average Bonchev–Trinajstić information content (AvgIpc) is 3.35. The molecule has 1 unspecified atom stereocenters. The molecule has 3 rings (SSSR count). The Morgan fingerprint density at radius 2 is 2.03 bits per heavy atom. The number of carbonyl (C=O) groups excluding carboxylic acids is 2. The molecular formula is C23H27NO5S. The molecule has 1 fully saturated rings. The van der Waals surface area contributed by atoms with Crippen molar-refractivity contribution >= 4 is 28.8 Å². The number of nitrogens with zero attached hydrogens (tertiary/aromatic N) is 1. The van der Waals surface area contributed by atoms with Gasteiger partial charge in [-0.15, -0.1) is 11.3 Å². The van der Waals surface area contributed by atoms with Crippen LogP contribution < -0.4 is 4.74 Å². The molecule has 0 saturated carbocycles. The van der Waals surface area contributed by atoms with Crippen molar-refractivity contribution in [3.8, 4) is 5.75 Å². The van der Waals surface area contributed by atoms with Crippen LogP contribution in [0.2, 0.25) is 0 Å².